The van der Waals surface area contributed by atoms with Gasteiger partial charge < -0.3 is 0 Å². The fourth-order valence-corrected chi connectivity index (χ4v) is 2.61. The first-order valence-corrected chi connectivity index (χ1v) is 5.98. The van der Waals surface area contributed by atoms with E-state index in [1.165, 1.54) is 35.2 Å². The molecule has 0 aliphatic carbocycles. The summed E-state index contributed by atoms with van der Waals surface area (Å²) in [6, 6.07) is 2.55. The summed E-state index contributed by atoms with van der Waals surface area (Å²) >= 11 is 8.18. The number of rotatable bonds is 3. The lowest BCUT2D eigenvalue weighted by molar-refractivity contribution is -0.385. The van der Waals surface area contributed by atoms with Gasteiger partial charge in [0, 0.05) is 6.07 Å². The lowest BCUT2D eigenvalue weighted by atomic mass is 10.4. The average molecular weight is 275 g/mol. The molecular formula is C7H3ClN4O2S2. The van der Waals surface area contributed by atoms with Gasteiger partial charge >= 0.3 is 0 Å². The topological polar surface area (TPSA) is 81.8 Å². The molecular weight excluding hydrogens is 272 g/mol. The Balaban J connectivity index is 2.31. The third-order valence-electron chi connectivity index (χ3n) is 1.50. The van der Waals surface area contributed by atoms with Crippen molar-refractivity contribution in [1.82, 2.24) is 15.2 Å². The first-order chi connectivity index (χ1) is 7.65. The van der Waals surface area contributed by atoms with Gasteiger partial charge in [0.05, 0.1) is 11.0 Å². The van der Waals surface area contributed by atoms with Crippen LogP contribution in [0, 0.1) is 10.1 Å². The largest absolute Gasteiger partial charge is 0.275 e. The smallest absolute Gasteiger partial charge is 0.258 e. The van der Waals surface area contributed by atoms with Crippen LogP contribution in [0.15, 0.2) is 27.0 Å². The molecule has 0 saturated heterocycles. The highest BCUT2D eigenvalue weighted by molar-refractivity contribution is 8.00. The van der Waals surface area contributed by atoms with Gasteiger partial charge in [-0.2, -0.15) is 0 Å². The van der Waals surface area contributed by atoms with Gasteiger partial charge in [0.25, 0.3) is 5.69 Å². The van der Waals surface area contributed by atoms with E-state index in [-0.39, 0.29) is 10.8 Å². The Kier molecular flexibility index (Phi) is 3.32. The maximum atomic E-state index is 10.6. The van der Waals surface area contributed by atoms with E-state index in [0.717, 1.165) is 0 Å². The average Bonchev–Trinajstić information content (AvgIpc) is 2.69. The van der Waals surface area contributed by atoms with Crippen molar-refractivity contribution < 1.29 is 4.92 Å². The molecule has 16 heavy (non-hydrogen) atoms. The SMILES string of the molecule is O=[N+]([O-])c1cc(Cl)nc(Sc2nncs2)c1. The number of hydrogen-bond acceptors (Lipinski definition) is 7. The summed E-state index contributed by atoms with van der Waals surface area (Å²) in [5, 5.41) is 18.5. The highest BCUT2D eigenvalue weighted by Crippen LogP contribution is 2.30. The summed E-state index contributed by atoms with van der Waals surface area (Å²) in [7, 11) is 0. The van der Waals surface area contributed by atoms with Crippen molar-refractivity contribution in [2.45, 2.75) is 9.37 Å². The van der Waals surface area contributed by atoms with Crippen LogP contribution in [-0.4, -0.2) is 20.1 Å². The number of nitrogens with zero attached hydrogens (tertiary/aromatic N) is 4. The fourth-order valence-electron chi connectivity index (χ4n) is 0.915. The predicted molar refractivity (Wildman–Crippen MR) is 59.9 cm³/mol. The molecule has 2 aromatic rings. The number of nitro groups is 1. The minimum absolute atomic E-state index is 0.0845. The van der Waals surface area contributed by atoms with Crippen molar-refractivity contribution in [2.24, 2.45) is 0 Å². The summed E-state index contributed by atoms with van der Waals surface area (Å²) in [6.07, 6.45) is 0. The van der Waals surface area contributed by atoms with Crippen molar-refractivity contribution in [3.63, 3.8) is 0 Å². The molecule has 0 unspecified atom stereocenters. The van der Waals surface area contributed by atoms with Crippen LogP contribution in [0.5, 0.6) is 0 Å². The van der Waals surface area contributed by atoms with Gasteiger partial charge in [-0.1, -0.05) is 22.9 Å². The van der Waals surface area contributed by atoms with Gasteiger partial charge in [0.15, 0.2) is 4.34 Å². The molecule has 0 amide bonds. The molecule has 0 saturated carbocycles. The second-order valence-electron chi connectivity index (χ2n) is 2.55. The Morgan fingerprint density at radius 3 is 2.94 bits per heavy atom. The van der Waals surface area contributed by atoms with Gasteiger partial charge in [-0.25, -0.2) is 4.98 Å². The maximum absolute atomic E-state index is 10.6. The number of aromatic nitrogens is 3. The van der Waals surface area contributed by atoms with Crippen molar-refractivity contribution in [3.8, 4) is 0 Å². The third kappa shape index (κ3) is 2.65. The van der Waals surface area contributed by atoms with Crippen LogP contribution in [0.1, 0.15) is 0 Å². The predicted octanol–water partition coefficient (Wildman–Crippen LogP) is 2.65. The molecule has 9 heteroatoms. The third-order valence-corrected chi connectivity index (χ3v) is 3.39. The molecule has 0 aromatic carbocycles. The first kappa shape index (κ1) is 11.2. The van der Waals surface area contributed by atoms with E-state index >= 15 is 0 Å². The van der Waals surface area contributed by atoms with E-state index in [4.69, 9.17) is 11.6 Å². The minimum Gasteiger partial charge on any atom is -0.258 e. The van der Waals surface area contributed by atoms with Crippen LogP contribution < -0.4 is 0 Å². The number of halogens is 1. The summed E-state index contributed by atoms with van der Waals surface area (Å²) < 4.78 is 0.657. The van der Waals surface area contributed by atoms with Gasteiger partial charge in [-0.15, -0.1) is 10.2 Å². The molecule has 0 aliphatic heterocycles. The van der Waals surface area contributed by atoms with Crippen LogP contribution in [-0.2, 0) is 0 Å². The quantitative estimate of drug-likeness (QED) is 0.486. The van der Waals surface area contributed by atoms with Gasteiger partial charge in [-0.3, -0.25) is 10.1 Å². The first-order valence-electron chi connectivity index (χ1n) is 3.91. The van der Waals surface area contributed by atoms with Gasteiger partial charge in [-0.05, 0) is 11.8 Å². The number of hydrogen-bond donors (Lipinski definition) is 0. The highest BCUT2D eigenvalue weighted by atomic mass is 35.5. The molecule has 2 rings (SSSR count). The van der Waals surface area contributed by atoms with E-state index in [0.29, 0.717) is 9.37 Å². The van der Waals surface area contributed by atoms with Crippen molar-refractivity contribution in [1.29, 1.82) is 0 Å². The zero-order valence-electron chi connectivity index (χ0n) is 7.53. The molecule has 0 bridgehead atoms. The zero-order valence-corrected chi connectivity index (χ0v) is 9.92. The molecule has 0 radical (unpaired) electrons. The molecule has 2 heterocycles. The Bertz CT molecular complexity index is 519. The Hall–Kier alpha value is -1.25. The highest BCUT2D eigenvalue weighted by Gasteiger charge is 2.12. The van der Waals surface area contributed by atoms with E-state index in [2.05, 4.69) is 15.2 Å². The lowest BCUT2D eigenvalue weighted by Gasteiger charge is -1.97. The summed E-state index contributed by atoms with van der Waals surface area (Å²) in [5.41, 5.74) is 1.48. The summed E-state index contributed by atoms with van der Waals surface area (Å²) in [5.74, 6) is 0. The number of pyridine rings is 1. The Morgan fingerprint density at radius 1 is 1.50 bits per heavy atom. The normalized spacial score (nSPS) is 10.3. The van der Waals surface area contributed by atoms with E-state index in [1.54, 1.807) is 5.51 Å². The molecule has 0 aliphatic rings. The molecule has 0 fully saturated rings. The van der Waals surface area contributed by atoms with Crippen molar-refractivity contribution >= 4 is 40.4 Å². The van der Waals surface area contributed by atoms with E-state index in [9.17, 15) is 10.1 Å². The van der Waals surface area contributed by atoms with E-state index in [1.807, 2.05) is 0 Å². The maximum Gasteiger partial charge on any atom is 0.275 e. The Morgan fingerprint density at radius 2 is 2.31 bits per heavy atom. The molecule has 0 spiro atoms. The molecule has 0 N–H and O–H groups in total. The Labute approximate surface area is 103 Å². The second kappa shape index (κ2) is 4.73. The zero-order chi connectivity index (χ0) is 11.5. The molecule has 0 atom stereocenters. The van der Waals surface area contributed by atoms with Crippen LogP contribution >= 0.6 is 34.7 Å². The van der Waals surface area contributed by atoms with Crippen LogP contribution in [0.4, 0.5) is 5.69 Å². The van der Waals surface area contributed by atoms with Crippen LogP contribution in [0.3, 0.4) is 0 Å². The van der Waals surface area contributed by atoms with E-state index < -0.39 is 4.92 Å². The minimum atomic E-state index is -0.516. The van der Waals surface area contributed by atoms with Crippen molar-refractivity contribution in [3.05, 3.63) is 32.9 Å². The molecule has 6 nitrogen and oxygen atoms in total. The lowest BCUT2D eigenvalue weighted by Crippen LogP contribution is -1.90. The fraction of sp³-hybridized carbons (Fsp3) is 0. The van der Waals surface area contributed by atoms with Crippen molar-refractivity contribution in [2.75, 3.05) is 0 Å². The monoisotopic (exact) mass is 274 g/mol. The molecule has 2 aromatic heterocycles. The second-order valence-corrected chi connectivity index (χ2v) is 5.04. The van der Waals surface area contributed by atoms with Gasteiger partial charge in [0.1, 0.15) is 15.7 Å². The van der Waals surface area contributed by atoms with Crippen LogP contribution in [0.2, 0.25) is 5.15 Å². The summed E-state index contributed by atoms with van der Waals surface area (Å²) in [4.78, 5) is 14.0. The molecule has 82 valence electrons. The summed E-state index contributed by atoms with van der Waals surface area (Å²) in [6.45, 7) is 0. The standard InChI is InChI=1S/C7H3ClN4O2S2/c8-5-1-4(12(13)14)2-6(10-5)16-7-11-9-3-15-7/h1-3H. The van der Waals surface area contributed by atoms with Gasteiger partial charge in [0.2, 0.25) is 0 Å². The van der Waals surface area contributed by atoms with Crippen LogP contribution in [0.25, 0.3) is 0 Å².